The Morgan fingerprint density at radius 3 is 2.48 bits per heavy atom. The summed E-state index contributed by atoms with van der Waals surface area (Å²) in [5.41, 5.74) is 4.95. The molecule has 1 aliphatic carbocycles. The molecular formula is C24H24N2O4S. The van der Waals surface area contributed by atoms with E-state index in [0.29, 0.717) is 29.4 Å². The molecule has 0 bridgehead atoms. The predicted octanol–water partition coefficient (Wildman–Crippen LogP) is 4.16. The van der Waals surface area contributed by atoms with Crippen molar-refractivity contribution in [1.29, 1.82) is 0 Å². The second-order valence-corrected chi connectivity index (χ2v) is 9.86. The van der Waals surface area contributed by atoms with E-state index in [0.717, 1.165) is 48.8 Å². The van der Waals surface area contributed by atoms with Gasteiger partial charge in [-0.2, -0.15) is 0 Å². The normalized spacial score (nSPS) is 15.8. The number of aryl methyl sites for hydroxylation is 2. The van der Waals surface area contributed by atoms with E-state index in [1.54, 1.807) is 35.2 Å². The summed E-state index contributed by atoms with van der Waals surface area (Å²) in [6.07, 6.45) is 6.41. The number of carbonyl (C=O) groups is 1. The van der Waals surface area contributed by atoms with E-state index in [2.05, 4.69) is 4.72 Å². The fourth-order valence-electron chi connectivity index (χ4n) is 4.44. The van der Waals surface area contributed by atoms with E-state index in [1.807, 2.05) is 18.2 Å². The molecule has 1 N–H and O–H groups in total. The average Bonchev–Trinajstić information content (AvgIpc) is 3.32. The summed E-state index contributed by atoms with van der Waals surface area (Å²) in [6.45, 7) is 1.02. The first kappa shape index (κ1) is 19.9. The molecule has 0 unspecified atom stereocenters. The SMILES string of the molecule is O=C(c1ccco1)N1CCc2ccc(NS(=O)(=O)c3ccc4c(c3)CCCC4)cc2C1. The highest BCUT2D eigenvalue weighted by atomic mass is 32.2. The molecule has 0 saturated carbocycles. The van der Waals surface area contributed by atoms with Crippen LogP contribution < -0.4 is 4.72 Å². The summed E-state index contributed by atoms with van der Waals surface area (Å²) in [5.74, 6) is 0.156. The van der Waals surface area contributed by atoms with Gasteiger partial charge in [0.2, 0.25) is 0 Å². The van der Waals surface area contributed by atoms with Crippen LogP contribution in [-0.2, 0) is 35.8 Å². The van der Waals surface area contributed by atoms with Crippen molar-refractivity contribution in [2.45, 2.75) is 43.5 Å². The van der Waals surface area contributed by atoms with Crippen molar-refractivity contribution in [1.82, 2.24) is 4.90 Å². The standard InChI is InChI=1S/C24H24N2O4S/c27-24(23-6-3-13-30-23)26-12-11-18-7-9-21(14-20(18)16-26)25-31(28,29)22-10-8-17-4-1-2-5-19(17)15-22/h3,6-10,13-15,25H,1-2,4-5,11-12,16H2. The van der Waals surface area contributed by atoms with Crippen molar-refractivity contribution in [3.05, 3.63) is 82.8 Å². The van der Waals surface area contributed by atoms with Crippen LogP contribution in [0.15, 0.2) is 64.1 Å². The molecule has 0 spiro atoms. The van der Waals surface area contributed by atoms with Gasteiger partial charge in [0.1, 0.15) is 0 Å². The number of anilines is 1. The van der Waals surface area contributed by atoms with Gasteiger partial charge >= 0.3 is 0 Å². The third kappa shape index (κ3) is 3.97. The first-order valence-corrected chi connectivity index (χ1v) is 12.1. The van der Waals surface area contributed by atoms with Crippen LogP contribution in [0, 0.1) is 0 Å². The zero-order valence-corrected chi connectivity index (χ0v) is 18.0. The average molecular weight is 437 g/mol. The highest BCUT2D eigenvalue weighted by Gasteiger charge is 2.24. The largest absolute Gasteiger partial charge is 0.459 e. The van der Waals surface area contributed by atoms with Crippen LogP contribution in [0.3, 0.4) is 0 Å². The Bertz CT molecular complexity index is 1230. The van der Waals surface area contributed by atoms with Gasteiger partial charge in [0.25, 0.3) is 15.9 Å². The van der Waals surface area contributed by atoms with Crippen molar-refractivity contribution in [3.63, 3.8) is 0 Å². The number of nitrogens with zero attached hydrogens (tertiary/aromatic N) is 1. The highest BCUT2D eigenvalue weighted by molar-refractivity contribution is 7.92. The molecule has 0 saturated heterocycles. The van der Waals surface area contributed by atoms with Crippen LogP contribution in [0.5, 0.6) is 0 Å². The Morgan fingerprint density at radius 1 is 0.903 bits per heavy atom. The number of carbonyl (C=O) groups excluding carboxylic acids is 1. The minimum atomic E-state index is -3.68. The molecule has 1 aromatic heterocycles. The van der Waals surface area contributed by atoms with Crippen molar-refractivity contribution in [2.75, 3.05) is 11.3 Å². The van der Waals surface area contributed by atoms with E-state index >= 15 is 0 Å². The Balaban J connectivity index is 1.36. The fraction of sp³-hybridized carbons (Fsp3) is 0.292. The molecule has 2 heterocycles. The van der Waals surface area contributed by atoms with E-state index in [9.17, 15) is 13.2 Å². The lowest BCUT2D eigenvalue weighted by molar-refractivity contribution is 0.0702. The maximum Gasteiger partial charge on any atom is 0.289 e. The van der Waals surface area contributed by atoms with Crippen LogP contribution in [-0.4, -0.2) is 25.8 Å². The minimum Gasteiger partial charge on any atom is -0.459 e. The number of nitrogens with one attached hydrogen (secondary N) is 1. The summed E-state index contributed by atoms with van der Waals surface area (Å²) in [4.78, 5) is 14.6. The molecule has 1 aliphatic heterocycles. The zero-order valence-electron chi connectivity index (χ0n) is 17.1. The number of furan rings is 1. The number of sulfonamides is 1. The van der Waals surface area contributed by atoms with Gasteiger partial charge in [0, 0.05) is 18.8 Å². The summed E-state index contributed by atoms with van der Waals surface area (Å²) < 4.78 is 33.9. The van der Waals surface area contributed by atoms with Crippen LogP contribution in [0.2, 0.25) is 0 Å². The Morgan fingerprint density at radius 2 is 1.68 bits per heavy atom. The third-order valence-electron chi connectivity index (χ3n) is 6.12. The number of fused-ring (bicyclic) bond motifs is 2. The first-order valence-electron chi connectivity index (χ1n) is 10.6. The molecule has 0 radical (unpaired) electrons. The lowest BCUT2D eigenvalue weighted by Crippen LogP contribution is -2.35. The molecular weight excluding hydrogens is 412 g/mol. The van der Waals surface area contributed by atoms with E-state index in [-0.39, 0.29) is 5.91 Å². The quantitative estimate of drug-likeness (QED) is 0.666. The van der Waals surface area contributed by atoms with E-state index in [1.165, 1.54) is 11.8 Å². The summed E-state index contributed by atoms with van der Waals surface area (Å²) in [7, 11) is -3.68. The molecule has 31 heavy (non-hydrogen) atoms. The minimum absolute atomic E-state index is 0.157. The van der Waals surface area contributed by atoms with Gasteiger partial charge in [-0.1, -0.05) is 12.1 Å². The van der Waals surface area contributed by atoms with Crippen LogP contribution in [0.25, 0.3) is 0 Å². The van der Waals surface area contributed by atoms with Crippen molar-refractivity contribution in [3.8, 4) is 0 Å². The van der Waals surface area contributed by atoms with Gasteiger partial charge in [-0.15, -0.1) is 0 Å². The van der Waals surface area contributed by atoms with Crippen molar-refractivity contribution >= 4 is 21.6 Å². The topological polar surface area (TPSA) is 79.6 Å². The van der Waals surface area contributed by atoms with Gasteiger partial charge in [0.05, 0.1) is 11.2 Å². The molecule has 3 aromatic rings. The summed E-state index contributed by atoms with van der Waals surface area (Å²) in [5, 5.41) is 0. The van der Waals surface area contributed by atoms with E-state index < -0.39 is 10.0 Å². The molecule has 6 nitrogen and oxygen atoms in total. The summed E-state index contributed by atoms with van der Waals surface area (Å²) in [6, 6.07) is 14.3. The Kier molecular flexibility index (Phi) is 5.06. The van der Waals surface area contributed by atoms with Gasteiger partial charge in [-0.25, -0.2) is 8.42 Å². The maximum absolute atomic E-state index is 13.0. The first-order chi connectivity index (χ1) is 15.0. The number of hydrogen-bond acceptors (Lipinski definition) is 4. The fourth-order valence-corrected chi connectivity index (χ4v) is 5.54. The van der Waals surface area contributed by atoms with Crippen LogP contribution in [0.1, 0.15) is 45.7 Å². The number of benzene rings is 2. The molecule has 5 rings (SSSR count). The monoisotopic (exact) mass is 436 g/mol. The lowest BCUT2D eigenvalue weighted by Gasteiger charge is -2.28. The molecule has 160 valence electrons. The molecule has 7 heteroatoms. The molecule has 1 amide bonds. The Labute approximate surface area is 181 Å². The molecule has 2 aliphatic rings. The van der Waals surface area contributed by atoms with Crippen LogP contribution >= 0.6 is 0 Å². The van der Waals surface area contributed by atoms with Crippen LogP contribution in [0.4, 0.5) is 5.69 Å². The zero-order chi connectivity index (χ0) is 21.4. The number of hydrogen-bond donors (Lipinski definition) is 1. The predicted molar refractivity (Wildman–Crippen MR) is 117 cm³/mol. The van der Waals surface area contributed by atoms with Gasteiger partial charge < -0.3 is 9.32 Å². The lowest BCUT2D eigenvalue weighted by atomic mass is 9.92. The smallest absolute Gasteiger partial charge is 0.289 e. The van der Waals surface area contributed by atoms with E-state index in [4.69, 9.17) is 4.42 Å². The number of amides is 1. The second-order valence-electron chi connectivity index (χ2n) is 8.18. The van der Waals surface area contributed by atoms with Gasteiger partial charge in [-0.05, 0) is 90.8 Å². The third-order valence-corrected chi connectivity index (χ3v) is 7.50. The van der Waals surface area contributed by atoms with Gasteiger partial charge in [0.15, 0.2) is 5.76 Å². The van der Waals surface area contributed by atoms with Crippen molar-refractivity contribution < 1.29 is 17.6 Å². The molecule has 2 aromatic carbocycles. The maximum atomic E-state index is 13.0. The Hall–Kier alpha value is -3.06. The second kappa shape index (κ2) is 7.89. The number of rotatable bonds is 4. The molecule has 0 fully saturated rings. The molecule has 0 atom stereocenters. The van der Waals surface area contributed by atoms with Crippen molar-refractivity contribution in [2.24, 2.45) is 0 Å². The highest BCUT2D eigenvalue weighted by Crippen LogP contribution is 2.27. The summed E-state index contributed by atoms with van der Waals surface area (Å²) >= 11 is 0. The van der Waals surface area contributed by atoms with Gasteiger partial charge in [-0.3, -0.25) is 9.52 Å².